The van der Waals surface area contributed by atoms with Crippen molar-refractivity contribution in [2.45, 2.75) is 37.2 Å². The van der Waals surface area contributed by atoms with Gasteiger partial charge in [0.15, 0.2) is 5.16 Å². The van der Waals surface area contributed by atoms with Crippen LogP contribution in [0.3, 0.4) is 0 Å². The van der Waals surface area contributed by atoms with Gasteiger partial charge in [0, 0.05) is 19.1 Å². The molecule has 1 fully saturated rings. The van der Waals surface area contributed by atoms with Crippen molar-refractivity contribution in [1.82, 2.24) is 19.7 Å². The Kier molecular flexibility index (Phi) is 4.87. The first kappa shape index (κ1) is 15.1. The van der Waals surface area contributed by atoms with E-state index in [1.165, 1.54) is 11.8 Å². The minimum Gasteiger partial charge on any atom is -0.378 e. The van der Waals surface area contributed by atoms with Gasteiger partial charge in [-0.3, -0.25) is 9.36 Å². The molecule has 0 spiro atoms. The molecule has 2 heterocycles. The smallest absolute Gasteiger partial charge is 0.236 e. The van der Waals surface area contributed by atoms with Crippen molar-refractivity contribution < 1.29 is 9.53 Å². The second-order valence-corrected chi connectivity index (χ2v) is 6.31. The molecule has 1 unspecified atom stereocenters. The third kappa shape index (κ3) is 3.24. The lowest BCUT2D eigenvalue weighted by Gasteiger charge is -2.29. The largest absolute Gasteiger partial charge is 0.378 e. The normalized spacial score (nSPS) is 17.5. The zero-order valence-corrected chi connectivity index (χ0v) is 12.9. The van der Waals surface area contributed by atoms with Gasteiger partial charge in [-0.2, -0.15) is 0 Å². The average molecular weight is 299 g/mol. The zero-order chi connectivity index (χ0) is 14.7. The molecule has 1 aromatic rings. The summed E-state index contributed by atoms with van der Waals surface area (Å²) in [7, 11) is 0. The van der Waals surface area contributed by atoms with Crippen LogP contribution in [0.15, 0.2) is 5.16 Å². The Morgan fingerprint density at radius 2 is 1.95 bits per heavy atom. The minimum absolute atomic E-state index is 0.107. The number of hydrogen-bond donors (Lipinski definition) is 1. The van der Waals surface area contributed by atoms with E-state index in [4.69, 9.17) is 10.5 Å². The molecule has 1 aliphatic heterocycles. The van der Waals surface area contributed by atoms with Crippen molar-refractivity contribution in [3.8, 4) is 0 Å². The highest BCUT2D eigenvalue weighted by Crippen LogP contribution is 2.27. The Balaban J connectivity index is 2.03. The fraction of sp³-hybridized carbons (Fsp3) is 0.750. The first-order valence-electron chi connectivity index (χ1n) is 6.74. The number of carbonyl (C=O) groups excluding carboxylic acids is 1. The maximum absolute atomic E-state index is 12.4. The van der Waals surface area contributed by atoms with E-state index in [-0.39, 0.29) is 17.2 Å². The maximum Gasteiger partial charge on any atom is 0.236 e. The zero-order valence-electron chi connectivity index (χ0n) is 12.1. The molecule has 8 heteroatoms. The van der Waals surface area contributed by atoms with Gasteiger partial charge in [-0.1, -0.05) is 11.8 Å². The highest BCUT2D eigenvalue weighted by atomic mass is 32.2. The van der Waals surface area contributed by atoms with E-state index in [0.717, 1.165) is 0 Å². The van der Waals surface area contributed by atoms with Crippen LogP contribution in [0.4, 0.5) is 5.95 Å². The Labute approximate surface area is 122 Å². The van der Waals surface area contributed by atoms with E-state index in [9.17, 15) is 4.79 Å². The Bertz CT molecular complexity index is 470. The van der Waals surface area contributed by atoms with Crippen LogP contribution in [0.1, 0.15) is 26.8 Å². The van der Waals surface area contributed by atoms with Gasteiger partial charge >= 0.3 is 0 Å². The summed E-state index contributed by atoms with van der Waals surface area (Å²) in [5, 5.41) is 8.42. The third-order valence-electron chi connectivity index (χ3n) is 3.16. The van der Waals surface area contributed by atoms with E-state index in [1.807, 2.05) is 30.2 Å². The molecule has 2 N–H and O–H groups in total. The van der Waals surface area contributed by atoms with Crippen LogP contribution >= 0.6 is 11.8 Å². The predicted molar refractivity (Wildman–Crippen MR) is 77.5 cm³/mol. The quantitative estimate of drug-likeness (QED) is 0.827. The standard InChI is InChI=1S/C12H21N5O2S/c1-8(2)17-11(13)14-15-12(17)20-9(3)10(18)16-4-6-19-7-5-16/h8-9H,4-7H2,1-3H3,(H2,13,14). The third-order valence-corrected chi connectivity index (χ3v) is 4.20. The molecule has 0 saturated carbocycles. The second kappa shape index (κ2) is 6.45. The maximum atomic E-state index is 12.4. The van der Waals surface area contributed by atoms with Crippen LogP contribution in [-0.4, -0.2) is 57.1 Å². The second-order valence-electron chi connectivity index (χ2n) is 5.00. The summed E-state index contributed by atoms with van der Waals surface area (Å²) in [4.78, 5) is 14.2. The van der Waals surface area contributed by atoms with Crippen molar-refractivity contribution >= 4 is 23.6 Å². The summed E-state index contributed by atoms with van der Waals surface area (Å²) in [6.07, 6.45) is 0. The number of nitrogen functional groups attached to an aromatic ring is 1. The summed E-state index contributed by atoms with van der Waals surface area (Å²) in [5.74, 6) is 0.490. The van der Waals surface area contributed by atoms with Gasteiger partial charge in [0.1, 0.15) is 0 Å². The number of rotatable bonds is 4. The number of ether oxygens (including phenoxy) is 1. The highest BCUT2D eigenvalue weighted by Gasteiger charge is 2.25. The van der Waals surface area contributed by atoms with E-state index in [0.29, 0.717) is 37.4 Å². The summed E-state index contributed by atoms with van der Waals surface area (Å²) in [6.45, 7) is 8.44. The molecular weight excluding hydrogens is 278 g/mol. The van der Waals surface area contributed by atoms with E-state index in [1.54, 1.807) is 0 Å². The van der Waals surface area contributed by atoms with E-state index >= 15 is 0 Å². The first-order valence-corrected chi connectivity index (χ1v) is 7.62. The predicted octanol–water partition coefficient (Wildman–Crippen LogP) is 0.781. The van der Waals surface area contributed by atoms with E-state index in [2.05, 4.69) is 10.2 Å². The number of hydrogen-bond acceptors (Lipinski definition) is 6. The van der Waals surface area contributed by atoms with Crippen molar-refractivity contribution in [3.63, 3.8) is 0 Å². The monoisotopic (exact) mass is 299 g/mol. The number of nitrogens with two attached hydrogens (primary N) is 1. The number of carbonyl (C=O) groups is 1. The van der Waals surface area contributed by atoms with Gasteiger partial charge in [-0.05, 0) is 20.8 Å². The summed E-state index contributed by atoms with van der Waals surface area (Å²) in [5.41, 5.74) is 5.80. The van der Waals surface area contributed by atoms with Crippen LogP contribution in [-0.2, 0) is 9.53 Å². The Hall–Kier alpha value is -1.28. The van der Waals surface area contributed by atoms with Crippen molar-refractivity contribution in [3.05, 3.63) is 0 Å². The van der Waals surface area contributed by atoms with Gasteiger partial charge in [-0.15, -0.1) is 10.2 Å². The number of thioether (sulfide) groups is 1. The molecule has 0 aromatic carbocycles. The van der Waals surface area contributed by atoms with Gasteiger partial charge in [-0.25, -0.2) is 0 Å². The van der Waals surface area contributed by atoms with Crippen molar-refractivity contribution in [2.75, 3.05) is 32.0 Å². The number of aromatic nitrogens is 3. The number of nitrogens with zero attached hydrogens (tertiary/aromatic N) is 4. The van der Waals surface area contributed by atoms with Crippen LogP contribution in [0.25, 0.3) is 0 Å². The number of amides is 1. The SMILES string of the molecule is CC(Sc1nnc(N)n1C(C)C)C(=O)N1CCOCC1. The Morgan fingerprint density at radius 3 is 2.55 bits per heavy atom. The summed E-state index contributed by atoms with van der Waals surface area (Å²) >= 11 is 1.40. The van der Waals surface area contributed by atoms with Crippen LogP contribution in [0, 0.1) is 0 Å². The molecule has 1 aromatic heterocycles. The summed E-state index contributed by atoms with van der Waals surface area (Å²) < 4.78 is 7.10. The van der Waals surface area contributed by atoms with Gasteiger partial charge in [0.05, 0.1) is 18.5 Å². The van der Waals surface area contributed by atoms with Crippen molar-refractivity contribution in [2.24, 2.45) is 0 Å². The lowest BCUT2D eigenvalue weighted by atomic mass is 10.3. The molecule has 0 bridgehead atoms. The fourth-order valence-corrected chi connectivity index (χ4v) is 3.18. The van der Waals surface area contributed by atoms with Crippen LogP contribution < -0.4 is 5.73 Å². The Morgan fingerprint density at radius 1 is 1.30 bits per heavy atom. The molecule has 112 valence electrons. The van der Waals surface area contributed by atoms with Crippen LogP contribution in [0.2, 0.25) is 0 Å². The lowest BCUT2D eigenvalue weighted by molar-refractivity contribution is -0.134. The summed E-state index contributed by atoms with van der Waals surface area (Å²) in [6, 6.07) is 0.165. The van der Waals surface area contributed by atoms with Gasteiger partial charge in [0.25, 0.3) is 0 Å². The molecule has 1 saturated heterocycles. The number of anilines is 1. The van der Waals surface area contributed by atoms with Gasteiger partial charge < -0.3 is 15.4 Å². The molecule has 0 radical (unpaired) electrons. The lowest BCUT2D eigenvalue weighted by Crippen LogP contribution is -2.44. The molecule has 0 aliphatic carbocycles. The molecule has 1 aliphatic rings. The molecular formula is C12H21N5O2S. The van der Waals surface area contributed by atoms with Gasteiger partial charge in [0.2, 0.25) is 11.9 Å². The minimum atomic E-state index is -0.214. The highest BCUT2D eigenvalue weighted by molar-refractivity contribution is 8.00. The molecule has 1 atom stereocenters. The topological polar surface area (TPSA) is 86.3 Å². The average Bonchev–Trinajstić information content (AvgIpc) is 2.79. The first-order chi connectivity index (χ1) is 9.50. The molecule has 20 heavy (non-hydrogen) atoms. The molecule has 1 amide bonds. The molecule has 7 nitrogen and oxygen atoms in total. The molecule has 2 rings (SSSR count). The van der Waals surface area contributed by atoms with Crippen LogP contribution in [0.5, 0.6) is 0 Å². The van der Waals surface area contributed by atoms with Crippen molar-refractivity contribution in [1.29, 1.82) is 0 Å². The number of morpholine rings is 1. The van der Waals surface area contributed by atoms with E-state index < -0.39 is 0 Å². The fourth-order valence-electron chi connectivity index (χ4n) is 2.10.